The van der Waals surface area contributed by atoms with E-state index in [0.717, 1.165) is 31.8 Å². The fourth-order valence-electron chi connectivity index (χ4n) is 6.35. The van der Waals surface area contributed by atoms with E-state index in [1.165, 1.54) is 30.4 Å². The molecule has 0 radical (unpaired) electrons. The summed E-state index contributed by atoms with van der Waals surface area (Å²) >= 11 is 0. The van der Waals surface area contributed by atoms with Crippen LogP contribution in [0.5, 0.6) is 0 Å². The summed E-state index contributed by atoms with van der Waals surface area (Å²) in [6.07, 6.45) is 8.40. The van der Waals surface area contributed by atoms with E-state index in [4.69, 9.17) is 0 Å². The minimum absolute atomic E-state index is 0.103. The third kappa shape index (κ3) is 4.75. The van der Waals surface area contributed by atoms with E-state index in [1.54, 1.807) is 22.9 Å². The number of fused-ring (bicyclic) bond motifs is 4. The average Bonchev–Trinajstić information content (AvgIpc) is 3.63. The Morgan fingerprint density at radius 1 is 1.08 bits per heavy atom. The van der Waals surface area contributed by atoms with Gasteiger partial charge in [0.25, 0.3) is 5.91 Å². The third-order valence-corrected chi connectivity index (χ3v) is 8.20. The minimum Gasteiger partial charge on any atom is -0.390 e. The highest BCUT2D eigenvalue weighted by molar-refractivity contribution is 5.94. The molecule has 36 heavy (non-hydrogen) atoms. The average molecular weight is 488 g/mol. The van der Waals surface area contributed by atoms with Crippen molar-refractivity contribution in [2.24, 2.45) is 17.8 Å². The number of hydrogen-bond donors (Lipinski definition) is 3. The molecular formula is C28H33N5O3. The molecule has 2 bridgehead atoms. The summed E-state index contributed by atoms with van der Waals surface area (Å²) in [7, 11) is 0. The molecule has 2 fully saturated rings. The molecule has 3 heterocycles. The zero-order chi connectivity index (χ0) is 24.6. The zero-order valence-corrected chi connectivity index (χ0v) is 20.4. The predicted octanol–water partition coefficient (Wildman–Crippen LogP) is 2.86. The van der Waals surface area contributed by atoms with Gasteiger partial charge in [0.1, 0.15) is 11.3 Å². The first kappa shape index (κ1) is 23.2. The van der Waals surface area contributed by atoms with Crippen molar-refractivity contribution in [3.8, 4) is 0 Å². The summed E-state index contributed by atoms with van der Waals surface area (Å²) in [6, 6.07) is 12.0. The van der Waals surface area contributed by atoms with E-state index in [2.05, 4.69) is 38.7 Å². The molecule has 2 saturated carbocycles. The number of carbonyl (C=O) groups is 2. The summed E-state index contributed by atoms with van der Waals surface area (Å²) in [6.45, 7) is 2.38. The van der Waals surface area contributed by atoms with Gasteiger partial charge >= 0.3 is 0 Å². The number of pyridine rings is 1. The predicted molar refractivity (Wildman–Crippen MR) is 137 cm³/mol. The van der Waals surface area contributed by atoms with Crippen LogP contribution in [0.15, 0.2) is 48.8 Å². The minimum atomic E-state index is -0.663. The van der Waals surface area contributed by atoms with Gasteiger partial charge in [-0.1, -0.05) is 30.7 Å². The van der Waals surface area contributed by atoms with E-state index in [0.29, 0.717) is 23.8 Å². The van der Waals surface area contributed by atoms with Gasteiger partial charge in [0.2, 0.25) is 5.91 Å². The number of aliphatic hydroxyl groups is 1. The number of nitrogens with one attached hydrogen (secondary N) is 2. The van der Waals surface area contributed by atoms with Crippen LogP contribution >= 0.6 is 0 Å². The Bertz CT molecular complexity index is 1290. The normalized spacial score (nSPS) is 24.0. The number of anilines is 1. The van der Waals surface area contributed by atoms with E-state index >= 15 is 0 Å². The number of rotatable bonds is 7. The van der Waals surface area contributed by atoms with Crippen molar-refractivity contribution in [2.75, 3.05) is 25.0 Å². The lowest BCUT2D eigenvalue weighted by Crippen LogP contribution is -2.42. The van der Waals surface area contributed by atoms with Gasteiger partial charge in [0, 0.05) is 44.5 Å². The monoisotopic (exact) mass is 487 g/mol. The number of aromatic nitrogens is 2. The van der Waals surface area contributed by atoms with Gasteiger partial charge in [0.05, 0.1) is 11.8 Å². The number of nitrogens with zero attached hydrogens (tertiary/aromatic N) is 3. The molecule has 3 aromatic rings. The molecule has 2 amide bonds. The van der Waals surface area contributed by atoms with E-state index < -0.39 is 6.10 Å². The third-order valence-electron chi connectivity index (χ3n) is 8.20. The lowest BCUT2D eigenvalue weighted by molar-refractivity contribution is -0.121. The first-order valence-electron chi connectivity index (χ1n) is 13.1. The molecule has 3 aliphatic rings. The van der Waals surface area contributed by atoms with Gasteiger partial charge in [-0.3, -0.25) is 14.5 Å². The van der Waals surface area contributed by atoms with Crippen LogP contribution in [-0.2, 0) is 17.8 Å². The van der Waals surface area contributed by atoms with Crippen LogP contribution in [0.3, 0.4) is 0 Å². The van der Waals surface area contributed by atoms with E-state index in [-0.39, 0.29) is 30.0 Å². The molecule has 8 nitrogen and oxygen atoms in total. The standard InChI is InChI=1S/C28H33N5O3/c34-23(16-32-10-9-19-3-1-2-4-21(19)14-32)13-29-28(36)25-17-33-15-22(7-8-26(33)31-25)30-27(35)24-12-18-5-6-20(24)11-18/h1-4,7-8,15,17-18,20,23-24,34H,5-6,9-14,16H2,(H,29,36)(H,30,35)/t18?,20?,23-,24?/m0/s1. The van der Waals surface area contributed by atoms with Crippen molar-refractivity contribution in [1.82, 2.24) is 19.6 Å². The van der Waals surface area contributed by atoms with Crippen molar-refractivity contribution < 1.29 is 14.7 Å². The lowest BCUT2D eigenvalue weighted by atomic mass is 9.88. The lowest BCUT2D eigenvalue weighted by Gasteiger charge is -2.30. The van der Waals surface area contributed by atoms with Crippen LogP contribution in [0, 0.1) is 17.8 Å². The Balaban J connectivity index is 1.02. The smallest absolute Gasteiger partial charge is 0.271 e. The van der Waals surface area contributed by atoms with Crippen molar-refractivity contribution in [2.45, 2.75) is 44.8 Å². The van der Waals surface area contributed by atoms with E-state index in [9.17, 15) is 14.7 Å². The first-order chi connectivity index (χ1) is 17.5. The number of imidazole rings is 1. The molecule has 1 aliphatic heterocycles. The van der Waals surface area contributed by atoms with Crippen molar-refractivity contribution in [3.63, 3.8) is 0 Å². The fourth-order valence-corrected chi connectivity index (χ4v) is 6.35. The maximum atomic E-state index is 12.8. The molecular weight excluding hydrogens is 454 g/mol. The van der Waals surface area contributed by atoms with Gasteiger partial charge in [-0.05, 0) is 60.8 Å². The maximum Gasteiger partial charge on any atom is 0.271 e. The second-order valence-corrected chi connectivity index (χ2v) is 10.7. The Morgan fingerprint density at radius 2 is 1.94 bits per heavy atom. The Hall–Kier alpha value is -3.23. The van der Waals surface area contributed by atoms with Crippen LogP contribution in [0.1, 0.15) is 47.3 Å². The van der Waals surface area contributed by atoms with Crippen molar-refractivity contribution in [3.05, 3.63) is 65.6 Å². The van der Waals surface area contributed by atoms with Gasteiger partial charge in [-0.2, -0.15) is 0 Å². The number of aliphatic hydroxyl groups excluding tert-OH is 1. The van der Waals surface area contributed by atoms with Gasteiger partial charge in [0.15, 0.2) is 0 Å². The molecule has 3 unspecified atom stereocenters. The summed E-state index contributed by atoms with van der Waals surface area (Å²) < 4.78 is 1.76. The molecule has 0 saturated heterocycles. The summed E-state index contributed by atoms with van der Waals surface area (Å²) in [4.78, 5) is 32.1. The Morgan fingerprint density at radius 3 is 2.75 bits per heavy atom. The number of hydrogen-bond acceptors (Lipinski definition) is 5. The topological polar surface area (TPSA) is 99.0 Å². The van der Waals surface area contributed by atoms with Crippen molar-refractivity contribution in [1.29, 1.82) is 0 Å². The number of carbonyl (C=O) groups excluding carboxylic acids is 2. The van der Waals surface area contributed by atoms with Crippen molar-refractivity contribution >= 4 is 23.1 Å². The molecule has 8 heteroatoms. The second kappa shape index (κ2) is 9.67. The zero-order valence-electron chi connectivity index (χ0n) is 20.4. The highest BCUT2D eigenvalue weighted by atomic mass is 16.3. The molecule has 2 aliphatic carbocycles. The van der Waals surface area contributed by atoms with E-state index in [1.807, 2.05) is 12.1 Å². The van der Waals surface area contributed by atoms with Crippen LogP contribution < -0.4 is 10.6 Å². The number of benzene rings is 1. The maximum absolute atomic E-state index is 12.8. The fraction of sp³-hybridized carbons (Fsp3) is 0.464. The molecule has 1 aromatic carbocycles. The quantitative estimate of drug-likeness (QED) is 0.476. The van der Waals surface area contributed by atoms with Crippen LogP contribution in [-0.4, -0.2) is 56.9 Å². The molecule has 3 N–H and O–H groups in total. The molecule has 6 rings (SSSR count). The highest BCUT2D eigenvalue weighted by Gasteiger charge is 2.43. The SMILES string of the molecule is O=C(NC[C@H](O)CN1CCc2ccccc2C1)c1cn2cc(NC(=O)C3CC4CCC3C4)ccc2n1. The van der Waals surface area contributed by atoms with Crippen LogP contribution in [0.4, 0.5) is 5.69 Å². The summed E-state index contributed by atoms with van der Waals surface area (Å²) in [5.74, 6) is 1.15. The highest BCUT2D eigenvalue weighted by Crippen LogP contribution is 2.48. The van der Waals surface area contributed by atoms with Gasteiger partial charge in [-0.15, -0.1) is 0 Å². The molecule has 188 valence electrons. The molecule has 4 atom stereocenters. The Kier molecular flexibility index (Phi) is 6.23. The second-order valence-electron chi connectivity index (χ2n) is 10.7. The number of β-amino-alcohol motifs (C(OH)–C–C–N with tert-alkyl or cyclic N) is 1. The molecule has 0 spiro atoms. The summed E-state index contributed by atoms with van der Waals surface area (Å²) in [5.41, 5.74) is 4.29. The van der Waals surface area contributed by atoms with Crippen LogP contribution in [0.2, 0.25) is 0 Å². The first-order valence-corrected chi connectivity index (χ1v) is 13.1. The number of amides is 2. The van der Waals surface area contributed by atoms with Crippen LogP contribution in [0.25, 0.3) is 5.65 Å². The summed E-state index contributed by atoms with van der Waals surface area (Å²) in [5, 5.41) is 16.4. The Labute approximate surface area is 210 Å². The molecule has 2 aromatic heterocycles. The van der Waals surface area contributed by atoms with Gasteiger partial charge in [-0.25, -0.2) is 4.98 Å². The largest absolute Gasteiger partial charge is 0.390 e. The van der Waals surface area contributed by atoms with Gasteiger partial charge < -0.3 is 20.1 Å².